The molecule has 0 aromatic heterocycles. The average Bonchev–Trinajstić information content (AvgIpc) is 2.19. The van der Waals surface area contributed by atoms with Crippen molar-refractivity contribution in [3.63, 3.8) is 0 Å². The van der Waals surface area contributed by atoms with Crippen LogP contribution in [0, 0.1) is 5.82 Å². The fraction of sp³-hybridized carbons (Fsp3) is 0.400. The summed E-state index contributed by atoms with van der Waals surface area (Å²) in [5.74, 6) is -0.897. The van der Waals surface area contributed by atoms with Gasteiger partial charge >= 0.3 is 6.18 Å². The Hall–Kier alpha value is -1.30. The molecule has 0 unspecified atom stereocenters. The summed E-state index contributed by atoms with van der Waals surface area (Å²) in [6.45, 7) is 1.04. The molecule has 0 heterocycles. The van der Waals surface area contributed by atoms with Crippen LogP contribution in [0.2, 0.25) is 0 Å². The van der Waals surface area contributed by atoms with Crippen LogP contribution in [0.4, 0.5) is 23.2 Å². The second-order valence-electron chi connectivity index (χ2n) is 3.22. The van der Waals surface area contributed by atoms with Crippen LogP contribution in [-0.2, 0) is 6.18 Å². The number of hydrogen-bond donors (Lipinski definition) is 2. The molecule has 0 atom stereocenters. The minimum absolute atomic E-state index is 0.0725. The van der Waals surface area contributed by atoms with E-state index in [9.17, 15) is 17.6 Å². The molecule has 0 fully saturated rings. The lowest BCUT2D eigenvalue weighted by Gasteiger charge is -2.10. The zero-order chi connectivity index (χ0) is 12.2. The van der Waals surface area contributed by atoms with Crippen molar-refractivity contribution in [2.75, 3.05) is 25.5 Å². The fourth-order valence-corrected chi connectivity index (χ4v) is 1.16. The molecule has 0 saturated carbocycles. The summed E-state index contributed by atoms with van der Waals surface area (Å²) in [5, 5.41) is 5.52. The minimum Gasteiger partial charge on any atom is -0.381 e. The van der Waals surface area contributed by atoms with Crippen LogP contribution in [0.5, 0.6) is 0 Å². The summed E-state index contributed by atoms with van der Waals surface area (Å²) < 4.78 is 49.9. The molecule has 0 amide bonds. The number of anilines is 1. The van der Waals surface area contributed by atoms with Gasteiger partial charge in [0.2, 0.25) is 0 Å². The van der Waals surface area contributed by atoms with Crippen LogP contribution in [0.1, 0.15) is 5.56 Å². The Balaban J connectivity index is 2.76. The third-order valence-corrected chi connectivity index (χ3v) is 1.99. The number of rotatable bonds is 4. The lowest BCUT2D eigenvalue weighted by Crippen LogP contribution is -2.18. The van der Waals surface area contributed by atoms with Gasteiger partial charge in [-0.25, -0.2) is 4.39 Å². The van der Waals surface area contributed by atoms with Crippen LogP contribution >= 0.6 is 0 Å². The summed E-state index contributed by atoms with van der Waals surface area (Å²) in [6.07, 6.45) is -4.51. The van der Waals surface area contributed by atoms with Crippen LogP contribution in [0.15, 0.2) is 18.2 Å². The lowest BCUT2D eigenvalue weighted by atomic mass is 10.2. The van der Waals surface area contributed by atoms with Crippen molar-refractivity contribution in [1.82, 2.24) is 5.32 Å². The summed E-state index contributed by atoms with van der Waals surface area (Å²) in [5.41, 5.74) is -0.910. The van der Waals surface area contributed by atoms with Crippen LogP contribution < -0.4 is 10.6 Å². The van der Waals surface area contributed by atoms with Gasteiger partial charge < -0.3 is 10.6 Å². The molecule has 0 aliphatic carbocycles. The van der Waals surface area contributed by atoms with E-state index in [4.69, 9.17) is 0 Å². The van der Waals surface area contributed by atoms with Crippen molar-refractivity contribution in [2.24, 2.45) is 0 Å². The van der Waals surface area contributed by atoms with Gasteiger partial charge in [-0.3, -0.25) is 0 Å². The minimum atomic E-state index is -4.51. The number of halogens is 4. The molecule has 2 N–H and O–H groups in total. The average molecular weight is 236 g/mol. The molecule has 0 aliphatic heterocycles. The molecule has 0 aliphatic rings. The second-order valence-corrected chi connectivity index (χ2v) is 3.22. The van der Waals surface area contributed by atoms with Gasteiger partial charge in [-0.05, 0) is 25.2 Å². The van der Waals surface area contributed by atoms with Crippen LogP contribution in [0.3, 0.4) is 0 Å². The van der Waals surface area contributed by atoms with Crippen molar-refractivity contribution in [3.05, 3.63) is 29.6 Å². The van der Waals surface area contributed by atoms with Gasteiger partial charge in [-0.1, -0.05) is 0 Å². The highest BCUT2D eigenvalue weighted by Crippen LogP contribution is 2.31. The first kappa shape index (κ1) is 12.8. The van der Waals surface area contributed by atoms with Gasteiger partial charge in [0.05, 0.1) is 11.3 Å². The predicted octanol–water partition coefficient (Wildman–Crippen LogP) is 2.48. The Bertz CT molecular complexity index is 349. The maximum absolute atomic E-state index is 13.2. The lowest BCUT2D eigenvalue weighted by molar-refractivity contribution is -0.137. The highest BCUT2D eigenvalue weighted by Gasteiger charge is 2.31. The molecule has 2 nitrogen and oxygen atoms in total. The molecule has 6 heteroatoms. The first-order valence-electron chi connectivity index (χ1n) is 4.70. The Morgan fingerprint density at radius 3 is 2.38 bits per heavy atom. The van der Waals surface area contributed by atoms with Crippen molar-refractivity contribution in [3.8, 4) is 0 Å². The van der Waals surface area contributed by atoms with Crippen molar-refractivity contribution >= 4 is 5.69 Å². The van der Waals surface area contributed by atoms with E-state index in [1.165, 1.54) is 0 Å². The first-order valence-corrected chi connectivity index (χ1v) is 4.70. The predicted molar refractivity (Wildman–Crippen MR) is 53.8 cm³/mol. The smallest absolute Gasteiger partial charge is 0.381 e. The highest BCUT2D eigenvalue weighted by molar-refractivity contribution is 5.46. The van der Waals surface area contributed by atoms with E-state index >= 15 is 0 Å². The van der Waals surface area contributed by atoms with E-state index in [2.05, 4.69) is 10.6 Å². The third kappa shape index (κ3) is 3.37. The molecular weight excluding hydrogens is 224 g/mol. The largest absolute Gasteiger partial charge is 0.416 e. The molecule has 16 heavy (non-hydrogen) atoms. The molecular formula is C10H12F4N2. The maximum atomic E-state index is 13.2. The standard InChI is InChI=1S/C10H12F4N2/c1-15-4-5-16-9-3-2-7(6-8(9)11)10(12,13)14/h2-3,6,15-16H,4-5H2,1H3. The Labute approximate surface area is 90.7 Å². The van der Waals surface area contributed by atoms with Gasteiger partial charge in [-0.2, -0.15) is 13.2 Å². The van der Waals surface area contributed by atoms with E-state index in [1.54, 1.807) is 7.05 Å². The van der Waals surface area contributed by atoms with Gasteiger partial charge in [0, 0.05) is 13.1 Å². The Morgan fingerprint density at radius 2 is 1.88 bits per heavy atom. The van der Waals surface area contributed by atoms with E-state index in [1.807, 2.05) is 0 Å². The quantitative estimate of drug-likeness (QED) is 0.620. The number of likely N-dealkylation sites (N-methyl/N-ethyl adjacent to an activating group) is 1. The summed E-state index contributed by atoms with van der Waals surface area (Å²) in [6, 6.07) is 2.43. The first-order chi connectivity index (χ1) is 7.45. The molecule has 0 spiro atoms. The Kier molecular flexibility index (Phi) is 4.12. The summed E-state index contributed by atoms with van der Waals surface area (Å²) in [7, 11) is 1.73. The molecule has 1 aromatic carbocycles. The summed E-state index contributed by atoms with van der Waals surface area (Å²) in [4.78, 5) is 0. The number of benzene rings is 1. The zero-order valence-corrected chi connectivity index (χ0v) is 8.66. The number of alkyl halides is 3. The third-order valence-electron chi connectivity index (χ3n) is 1.99. The molecule has 90 valence electrons. The fourth-order valence-electron chi connectivity index (χ4n) is 1.16. The SMILES string of the molecule is CNCCNc1ccc(C(F)(F)F)cc1F. The normalized spacial score (nSPS) is 11.6. The topological polar surface area (TPSA) is 24.1 Å². The van der Waals surface area contributed by atoms with Gasteiger partial charge in [-0.15, -0.1) is 0 Å². The van der Waals surface area contributed by atoms with Crippen molar-refractivity contribution < 1.29 is 17.6 Å². The van der Waals surface area contributed by atoms with Crippen LogP contribution in [0.25, 0.3) is 0 Å². The van der Waals surface area contributed by atoms with Crippen LogP contribution in [-0.4, -0.2) is 20.1 Å². The van der Waals surface area contributed by atoms with Gasteiger partial charge in [0.25, 0.3) is 0 Å². The van der Waals surface area contributed by atoms with E-state index in [-0.39, 0.29) is 5.69 Å². The molecule has 1 aromatic rings. The molecule has 0 saturated heterocycles. The molecule has 0 bridgehead atoms. The Morgan fingerprint density at radius 1 is 1.19 bits per heavy atom. The number of nitrogens with one attached hydrogen (secondary N) is 2. The van der Waals surface area contributed by atoms with Gasteiger partial charge in [0.15, 0.2) is 0 Å². The van der Waals surface area contributed by atoms with E-state index in [0.717, 1.165) is 12.1 Å². The van der Waals surface area contributed by atoms with Crippen molar-refractivity contribution in [2.45, 2.75) is 6.18 Å². The monoisotopic (exact) mass is 236 g/mol. The molecule has 1 rings (SSSR count). The van der Waals surface area contributed by atoms with E-state index < -0.39 is 17.6 Å². The van der Waals surface area contributed by atoms with E-state index in [0.29, 0.717) is 19.2 Å². The second kappa shape index (κ2) is 5.16. The zero-order valence-electron chi connectivity index (χ0n) is 8.66. The highest BCUT2D eigenvalue weighted by atomic mass is 19.4. The number of hydrogen-bond acceptors (Lipinski definition) is 2. The molecule has 0 radical (unpaired) electrons. The maximum Gasteiger partial charge on any atom is 0.416 e. The van der Waals surface area contributed by atoms with Crippen molar-refractivity contribution in [1.29, 1.82) is 0 Å². The summed E-state index contributed by atoms with van der Waals surface area (Å²) >= 11 is 0. The van der Waals surface area contributed by atoms with Gasteiger partial charge in [0.1, 0.15) is 5.82 Å².